The molecule has 0 saturated carbocycles. The summed E-state index contributed by atoms with van der Waals surface area (Å²) in [6.07, 6.45) is 4.23. The van der Waals surface area contributed by atoms with Crippen LogP contribution in [-0.2, 0) is 4.79 Å². The maximum atomic E-state index is 11.6. The van der Waals surface area contributed by atoms with Gasteiger partial charge in [-0.1, -0.05) is 0 Å². The molecule has 2 fully saturated rings. The van der Waals surface area contributed by atoms with Crippen molar-refractivity contribution >= 4 is 5.91 Å². The molecule has 110 valence electrons. The van der Waals surface area contributed by atoms with Gasteiger partial charge >= 0.3 is 0 Å². The molecule has 5 heteroatoms. The number of H-pyrrole nitrogens is 1. The first kappa shape index (κ1) is 13.6. The van der Waals surface area contributed by atoms with Crippen molar-refractivity contribution in [2.45, 2.75) is 38.5 Å². The summed E-state index contributed by atoms with van der Waals surface area (Å²) in [5.74, 6) is 0.879. The standard InChI is InChI=1S/C15H24N4O/c1-12-10-14(17-16-12)13-4-2-6-18(11-13)8-9-19-7-3-5-15(19)20/h10,13H,2-9,11H2,1H3,(H,16,17)/t13-/m0/s1. The normalized spacial score (nSPS) is 24.6. The Bertz CT molecular complexity index is 470. The third-order valence-corrected chi connectivity index (χ3v) is 4.51. The lowest BCUT2D eigenvalue weighted by molar-refractivity contribution is -0.127. The summed E-state index contributed by atoms with van der Waals surface area (Å²) in [4.78, 5) is 16.1. The third-order valence-electron chi connectivity index (χ3n) is 4.51. The molecular formula is C15H24N4O. The van der Waals surface area contributed by atoms with E-state index in [2.05, 4.69) is 28.1 Å². The van der Waals surface area contributed by atoms with Gasteiger partial charge in [0.25, 0.3) is 0 Å². The summed E-state index contributed by atoms with van der Waals surface area (Å²) in [6, 6.07) is 2.16. The zero-order valence-corrected chi connectivity index (χ0v) is 12.3. The number of aromatic nitrogens is 2. The molecule has 3 rings (SSSR count). The lowest BCUT2D eigenvalue weighted by Gasteiger charge is -2.33. The smallest absolute Gasteiger partial charge is 0.222 e. The van der Waals surface area contributed by atoms with Gasteiger partial charge in [0.2, 0.25) is 5.91 Å². The first-order valence-corrected chi connectivity index (χ1v) is 7.74. The maximum absolute atomic E-state index is 11.6. The van der Waals surface area contributed by atoms with Crippen molar-refractivity contribution in [3.63, 3.8) is 0 Å². The number of aryl methyl sites for hydroxylation is 1. The minimum atomic E-state index is 0.335. The molecule has 1 N–H and O–H groups in total. The molecule has 2 aliphatic rings. The summed E-state index contributed by atoms with van der Waals surface area (Å²) in [7, 11) is 0. The van der Waals surface area contributed by atoms with Crippen LogP contribution in [0.2, 0.25) is 0 Å². The number of carbonyl (C=O) groups excluding carboxylic acids is 1. The summed E-state index contributed by atoms with van der Waals surface area (Å²) >= 11 is 0. The van der Waals surface area contributed by atoms with Gasteiger partial charge in [0, 0.05) is 44.2 Å². The molecule has 0 spiro atoms. The van der Waals surface area contributed by atoms with E-state index < -0.39 is 0 Å². The zero-order chi connectivity index (χ0) is 13.9. The van der Waals surface area contributed by atoms with Gasteiger partial charge in [-0.25, -0.2) is 0 Å². The number of carbonyl (C=O) groups is 1. The van der Waals surface area contributed by atoms with Crippen molar-refractivity contribution in [3.05, 3.63) is 17.5 Å². The molecule has 0 radical (unpaired) electrons. The fourth-order valence-corrected chi connectivity index (χ4v) is 3.35. The molecule has 5 nitrogen and oxygen atoms in total. The SMILES string of the molecule is Cc1cc([C@H]2CCCN(CCN3CCCC3=O)C2)n[nH]1. The van der Waals surface area contributed by atoms with Crippen LogP contribution in [-0.4, -0.2) is 58.6 Å². The number of likely N-dealkylation sites (tertiary alicyclic amines) is 2. The van der Waals surface area contributed by atoms with Crippen molar-refractivity contribution in [2.75, 3.05) is 32.7 Å². The number of hydrogen-bond donors (Lipinski definition) is 1. The van der Waals surface area contributed by atoms with Crippen LogP contribution >= 0.6 is 0 Å². The third kappa shape index (κ3) is 3.03. The second-order valence-electron chi connectivity index (χ2n) is 6.10. The summed E-state index contributed by atoms with van der Waals surface area (Å²) in [5, 5.41) is 7.45. The summed E-state index contributed by atoms with van der Waals surface area (Å²) < 4.78 is 0. The molecule has 0 unspecified atom stereocenters. The minimum absolute atomic E-state index is 0.335. The number of hydrogen-bond acceptors (Lipinski definition) is 3. The number of piperidine rings is 1. The van der Waals surface area contributed by atoms with Crippen molar-refractivity contribution in [2.24, 2.45) is 0 Å². The van der Waals surface area contributed by atoms with Gasteiger partial charge in [-0.3, -0.25) is 9.89 Å². The van der Waals surface area contributed by atoms with Crippen molar-refractivity contribution < 1.29 is 4.79 Å². The Morgan fingerprint density at radius 2 is 2.25 bits per heavy atom. The van der Waals surface area contributed by atoms with Crippen molar-refractivity contribution in [3.8, 4) is 0 Å². The quantitative estimate of drug-likeness (QED) is 0.907. The van der Waals surface area contributed by atoms with Crippen LogP contribution in [0.1, 0.15) is 43.0 Å². The predicted molar refractivity (Wildman–Crippen MR) is 77.6 cm³/mol. The van der Waals surface area contributed by atoms with Gasteiger partial charge in [0.05, 0.1) is 5.69 Å². The average molecular weight is 276 g/mol. The van der Waals surface area contributed by atoms with Gasteiger partial charge in [-0.15, -0.1) is 0 Å². The van der Waals surface area contributed by atoms with Gasteiger partial charge in [-0.2, -0.15) is 5.10 Å². The molecule has 1 aromatic heterocycles. The van der Waals surface area contributed by atoms with E-state index in [0.29, 0.717) is 11.8 Å². The van der Waals surface area contributed by atoms with Crippen molar-refractivity contribution in [1.82, 2.24) is 20.0 Å². The highest BCUT2D eigenvalue weighted by atomic mass is 16.2. The van der Waals surface area contributed by atoms with Crippen LogP contribution in [0, 0.1) is 6.92 Å². The van der Waals surface area contributed by atoms with E-state index in [1.165, 1.54) is 18.5 Å². The first-order chi connectivity index (χ1) is 9.72. The highest BCUT2D eigenvalue weighted by Gasteiger charge is 2.25. The Morgan fingerprint density at radius 1 is 1.35 bits per heavy atom. The molecule has 0 aromatic carbocycles. The van der Waals surface area contributed by atoms with E-state index in [0.717, 1.165) is 51.3 Å². The second-order valence-corrected chi connectivity index (χ2v) is 6.10. The molecule has 20 heavy (non-hydrogen) atoms. The topological polar surface area (TPSA) is 52.2 Å². The Labute approximate surface area is 120 Å². The van der Waals surface area contributed by atoms with Crippen LogP contribution in [0.3, 0.4) is 0 Å². The summed E-state index contributed by atoms with van der Waals surface area (Å²) in [6.45, 7) is 7.13. The van der Waals surface area contributed by atoms with Crippen molar-refractivity contribution in [1.29, 1.82) is 0 Å². The van der Waals surface area contributed by atoms with Gasteiger partial charge in [-0.05, 0) is 38.8 Å². The molecule has 0 aliphatic carbocycles. The Kier molecular flexibility index (Phi) is 4.05. The minimum Gasteiger partial charge on any atom is -0.341 e. The van der Waals surface area contributed by atoms with E-state index in [-0.39, 0.29) is 0 Å². The molecular weight excluding hydrogens is 252 g/mol. The molecule has 2 saturated heterocycles. The average Bonchev–Trinajstić information content (AvgIpc) is 3.06. The van der Waals surface area contributed by atoms with Gasteiger partial charge in [0.15, 0.2) is 0 Å². The van der Waals surface area contributed by atoms with E-state index in [1.54, 1.807) is 0 Å². The largest absolute Gasteiger partial charge is 0.341 e. The van der Waals surface area contributed by atoms with E-state index in [4.69, 9.17) is 0 Å². The zero-order valence-electron chi connectivity index (χ0n) is 12.3. The van der Waals surface area contributed by atoms with Crippen LogP contribution in [0.25, 0.3) is 0 Å². The fourth-order valence-electron chi connectivity index (χ4n) is 3.35. The second kappa shape index (κ2) is 5.95. The number of amides is 1. The number of aromatic amines is 1. The number of nitrogens with zero attached hydrogens (tertiary/aromatic N) is 3. The van der Waals surface area contributed by atoms with E-state index in [9.17, 15) is 4.79 Å². The van der Waals surface area contributed by atoms with Gasteiger partial charge < -0.3 is 9.80 Å². The molecule has 1 amide bonds. The highest BCUT2D eigenvalue weighted by Crippen LogP contribution is 2.25. The Morgan fingerprint density at radius 3 is 2.95 bits per heavy atom. The Hall–Kier alpha value is -1.36. The lowest BCUT2D eigenvalue weighted by atomic mass is 9.94. The van der Waals surface area contributed by atoms with Gasteiger partial charge in [0.1, 0.15) is 0 Å². The molecule has 1 atom stereocenters. The van der Waals surface area contributed by atoms with E-state index in [1.807, 2.05) is 4.90 Å². The first-order valence-electron chi connectivity index (χ1n) is 7.74. The monoisotopic (exact) mass is 276 g/mol. The maximum Gasteiger partial charge on any atom is 0.222 e. The van der Waals surface area contributed by atoms with E-state index >= 15 is 0 Å². The molecule has 2 aliphatic heterocycles. The highest BCUT2D eigenvalue weighted by molar-refractivity contribution is 5.78. The fraction of sp³-hybridized carbons (Fsp3) is 0.733. The summed E-state index contributed by atoms with van der Waals surface area (Å²) in [5.41, 5.74) is 2.34. The molecule has 0 bridgehead atoms. The van der Waals surface area contributed by atoms with Crippen LogP contribution < -0.4 is 0 Å². The number of rotatable bonds is 4. The lowest BCUT2D eigenvalue weighted by Crippen LogP contribution is -2.40. The van der Waals surface area contributed by atoms with Crippen LogP contribution in [0.15, 0.2) is 6.07 Å². The molecule has 3 heterocycles. The Balaban J connectivity index is 1.51. The van der Waals surface area contributed by atoms with Crippen LogP contribution in [0.4, 0.5) is 0 Å². The number of nitrogens with one attached hydrogen (secondary N) is 1. The van der Waals surface area contributed by atoms with Crippen LogP contribution in [0.5, 0.6) is 0 Å². The predicted octanol–water partition coefficient (Wildman–Crippen LogP) is 1.52. The molecule has 1 aromatic rings.